The van der Waals surface area contributed by atoms with E-state index >= 15 is 0 Å². The molecule has 0 atom stereocenters. The third-order valence-electron chi connectivity index (χ3n) is 2.01. The van der Waals surface area contributed by atoms with Gasteiger partial charge in [0.15, 0.2) is 10.8 Å². The highest BCUT2D eigenvalue weighted by Crippen LogP contribution is 2.23. The molecule has 5 nitrogen and oxygen atoms in total. The molecule has 0 saturated carbocycles. The molecule has 0 saturated heterocycles. The Labute approximate surface area is 122 Å². The molecule has 0 bridgehead atoms. The second kappa shape index (κ2) is 6.14. The number of esters is 1. The van der Waals surface area contributed by atoms with E-state index < -0.39 is 5.97 Å². The Hall–Kier alpha value is -1.44. The molecule has 2 aromatic heterocycles. The third kappa shape index (κ3) is 3.52. The van der Waals surface area contributed by atoms with Gasteiger partial charge in [-0.15, -0.1) is 22.7 Å². The lowest BCUT2D eigenvalue weighted by Crippen LogP contribution is -2.10. The van der Waals surface area contributed by atoms with Gasteiger partial charge in [0.2, 0.25) is 0 Å². The summed E-state index contributed by atoms with van der Waals surface area (Å²) in [5.74, 6) is -0.805. The van der Waals surface area contributed by atoms with Gasteiger partial charge in [-0.05, 0) is 19.1 Å². The number of amides is 1. The first-order valence-electron chi connectivity index (χ1n) is 5.29. The van der Waals surface area contributed by atoms with Crippen LogP contribution in [0.3, 0.4) is 0 Å². The summed E-state index contributed by atoms with van der Waals surface area (Å²) < 4.78 is 5.35. The summed E-state index contributed by atoms with van der Waals surface area (Å²) in [5, 5.41) is 4.48. The van der Waals surface area contributed by atoms with E-state index in [1.54, 1.807) is 19.1 Å². The quantitative estimate of drug-likeness (QED) is 0.879. The average Bonchev–Trinajstić information content (AvgIpc) is 2.98. The SMILES string of the molecule is CCOC(=O)c1csc(NC(=O)c2ccc(Cl)s2)n1. The maximum absolute atomic E-state index is 11.8. The summed E-state index contributed by atoms with van der Waals surface area (Å²) in [6, 6.07) is 3.27. The highest BCUT2D eigenvalue weighted by Gasteiger charge is 2.14. The Bertz CT molecular complexity index is 609. The normalized spacial score (nSPS) is 10.2. The van der Waals surface area contributed by atoms with E-state index in [-0.39, 0.29) is 18.2 Å². The molecule has 2 rings (SSSR count). The number of hydrogen-bond donors (Lipinski definition) is 1. The summed E-state index contributed by atoms with van der Waals surface area (Å²) in [5.41, 5.74) is 0.186. The van der Waals surface area contributed by atoms with Gasteiger partial charge in [-0.3, -0.25) is 10.1 Å². The van der Waals surface area contributed by atoms with Crippen molar-refractivity contribution in [2.45, 2.75) is 6.92 Å². The number of carbonyl (C=O) groups is 2. The maximum Gasteiger partial charge on any atom is 0.357 e. The summed E-state index contributed by atoms with van der Waals surface area (Å²) >= 11 is 8.09. The zero-order valence-electron chi connectivity index (χ0n) is 9.81. The molecule has 0 aliphatic carbocycles. The first-order chi connectivity index (χ1) is 9.10. The van der Waals surface area contributed by atoms with Gasteiger partial charge in [0, 0.05) is 5.38 Å². The number of rotatable bonds is 4. The van der Waals surface area contributed by atoms with Crippen LogP contribution in [-0.2, 0) is 4.74 Å². The molecular formula is C11H9ClN2O3S2. The molecule has 0 fully saturated rings. The number of carbonyl (C=O) groups excluding carboxylic acids is 2. The minimum Gasteiger partial charge on any atom is -0.461 e. The first-order valence-corrected chi connectivity index (χ1v) is 7.37. The molecule has 1 N–H and O–H groups in total. The van der Waals surface area contributed by atoms with Crippen molar-refractivity contribution in [3.8, 4) is 0 Å². The van der Waals surface area contributed by atoms with Crippen LogP contribution in [0.25, 0.3) is 0 Å². The van der Waals surface area contributed by atoms with Crippen LogP contribution < -0.4 is 5.32 Å². The minimum absolute atomic E-state index is 0.186. The fourth-order valence-electron chi connectivity index (χ4n) is 1.22. The van der Waals surface area contributed by atoms with Crippen molar-refractivity contribution in [2.24, 2.45) is 0 Å². The summed E-state index contributed by atoms with van der Waals surface area (Å²) in [6.45, 7) is 2.00. The third-order valence-corrected chi connectivity index (χ3v) is 3.99. The number of thiazole rings is 1. The van der Waals surface area contributed by atoms with Crippen LogP contribution in [0, 0.1) is 0 Å². The lowest BCUT2D eigenvalue weighted by atomic mass is 10.4. The number of nitrogens with zero attached hydrogens (tertiary/aromatic N) is 1. The molecule has 2 aromatic rings. The summed E-state index contributed by atoms with van der Waals surface area (Å²) in [7, 11) is 0. The van der Waals surface area contributed by atoms with Crippen LogP contribution in [-0.4, -0.2) is 23.5 Å². The van der Waals surface area contributed by atoms with Crippen LogP contribution in [0.15, 0.2) is 17.5 Å². The van der Waals surface area contributed by atoms with E-state index in [1.165, 1.54) is 16.7 Å². The Balaban J connectivity index is 2.04. The van der Waals surface area contributed by atoms with Crippen LogP contribution in [0.2, 0.25) is 4.34 Å². The highest BCUT2D eigenvalue weighted by molar-refractivity contribution is 7.18. The van der Waals surface area contributed by atoms with Gasteiger partial charge in [-0.25, -0.2) is 9.78 Å². The smallest absolute Gasteiger partial charge is 0.357 e. The second-order valence-corrected chi connectivity index (χ2v) is 5.89. The zero-order valence-corrected chi connectivity index (χ0v) is 12.2. The average molecular weight is 317 g/mol. The van der Waals surface area contributed by atoms with Crippen LogP contribution in [0.1, 0.15) is 27.1 Å². The monoisotopic (exact) mass is 316 g/mol. The largest absolute Gasteiger partial charge is 0.461 e. The number of ether oxygens (including phenoxy) is 1. The van der Waals surface area contributed by atoms with Crippen LogP contribution >= 0.6 is 34.3 Å². The van der Waals surface area contributed by atoms with Crippen molar-refractivity contribution in [1.82, 2.24) is 4.98 Å². The molecule has 0 aliphatic rings. The van der Waals surface area contributed by atoms with Gasteiger partial charge in [0.1, 0.15) is 0 Å². The lowest BCUT2D eigenvalue weighted by Gasteiger charge is -1.98. The van der Waals surface area contributed by atoms with Crippen molar-refractivity contribution < 1.29 is 14.3 Å². The summed E-state index contributed by atoms with van der Waals surface area (Å²) in [6.07, 6.45) is 0. The number of halogens is 1. The number of nitrogens with one attached hydrogen (secondary N) is 1. The van der Waals surface area contributed by atoms with Crippen molar-refractivity contribution >= 4 is 51.3 Å². The fraction of sp³-hybridized carbons (Fsp3) is 0.182. The number of aromatic nitrogens is 1. The molecule has 0 aliphatic heterocycles. The van der Waals surface area contributed by atoms with E-state index in [4.69, 9.17) is 16.3 Å². The molecule has 8 heteroatoms. The molecule has 0 spiro atoms. The molecular weight excluding hydrogens is 308 g/mol. The van der Waals surface area contributed by atoms with E-state index in [0.29, 0.717) is 14.3 Å². The molecule has 19 heavy (non-hydrogen) atoms. The first kappa shape index (κ1) is 14.0. The van der Waals surface area contributed by atoms with Crippen molar-refractivity contribution in [3.05, 3.63) is 32.4 Å². The number of anilines is 1. The van der Waals surface area contributed by atoms with Gasteiger partial charge >= 0.3 is 5.97 Å². The molecule has 100 valence electrons. The Morgan fingerprint density at radius 1 is 1.47 bits per heavy atom. The Kier molecular flexibility index (Phi) is 4.52. The molecule has 2 heterocycles. The van der Waals surface area contributed by atoms with Gasteiger partial charge in [0.05, 0.1) is 15.8 Å². The number of thiophene rings is 1. The van der Waals surface area contributed by atoms with Crippen molar-refractivity contribution in [3.63, 3.8) is 0 Å². The van der Waals surface area contributed by atoms with Gasteiger partial charge in [-0.1, -0.05) is 11.6 Å². The van der Waals surface area contributed by atoms with E-state index in [1.807, 2.05) is 0 Å². The highest BCUT2D eigenvalue weighted by atomic mass is 35.5. The molecule has 0 aromatic carbocycles. The predicted octanol–water partition coefficient (Wildman–Crippen LogP) is 3.29. The Morgan fingerprint density at radius 3 is 2.89 bits per heavy atom. The molecule has 0 radical (unpaired) electrons. The topological polar surface area (TPSA) is 68.3 Å². The minimum atomic E-state index is -0.501. The standard InChI is InChI=1S/C11H9ClN2O3S2/c1-2-17-10(16)6-5-18-11(13-6)14-9(15)7-3-4-8(12)19-7/h3-5H,2H2,1H3,(H,13,14,15). The van der Waals surface area contributed by atoms with Gasteiger partial charge in [-0.2, -0.15) is 0 Å². The second-order valence-electron chi connectivity index (χ2n) is 3.32. The lowest BCUT2D eigenvalue weighted by molar-refractivity contribution is 0.0520. The van der Waals surface area contributed by atoms with E-state index in [9.17, 15) is 9.59 Å². The van der Waals surface area contributed by atoms with Gasteiger partial charge < -0.3 is 4.74 Å². The van der Waals surface area contributed by atoms with Crippen molar-refractivity contribution in [2.75, 3.05) is 11.9 Å². The molecule has 1 amide bonds. The van der Waals surface area contributed by atoms with E-state index in [2.05, 4.69) is 10.3 Å². The number of hydrogen-bond acceptors (Lipinski definition) is 6. The van der Waals surface area contributed by atoms with Crippen LogP contribution in [0.4, 0.5) is 5.13 Å². The Morgan fingerprint density at radius 2 is 2.26 bits per heavy atom. The molecule has 0 unspecified atom stereocenters. The summed E-state index contributed by atoms with van der Waals surface area (Å²) in [4.78, 5) is 27.7. The fourth-order valence-corrected chi connectivity index (χ4v) is 2.84. The maximum atomic E-state index is 11.8. The predicted molar refractivity (Wildman–Crippen MR) is 75.4 cm³/mol. The van der Waals surface area contributed by atoms with Crippen LogP contribution in [0.5, 0.6) is 0 Å². The van der Waals surface area contributed by atoms with E-state index in [0.717, 1.165) is 11.3 Å². The zero-order chi connectivity index (χ0) is 13.8. The van der Waals surface area contributed by atoms with Gasteiger partial charge in [0.25, 0.3) is 5.91 Å². The van der Waals surface area contributed by atoms with Crippen molar-refractivity contribution in [1.29, 1.82) is 0 Å².